The zero-order valence-electron chi connectivity index (χ0n) is 32.3. The minimum Gasteiger partial charge on any atom is -0.231 e. The monoisotopic (exact) mass is 742 g/mol. The van der Waals surface area contributed by atoms with Gasteiger partial charge in [0.1, 0.15) is 5.69 Å². The molecule has 11 rings (SSSR count). The maximum absolute atomic E-state index is 5.40. The Morgan fingerprint density at radius 2 is 1.00 bits per heavy atom. The Kier molecular flexibility index (Phi) is 7.80. The molecule has 4 nitrogen and oxygen atoms in total. The molecule has 0 unspecified atom stereocenters. The first kappa shape index (κ1) is 33.9. The molecule has 274 valence electrons. The minimum absolute atomic E-state index is 0.111. The van der Waals surface area contributed by atoms with Crippen LogP contribution in [0.3, 0.4) is 0 Å². The van der Waals surface area contributed by atoms with Crippen molar-refractivity contribution in [3.8, 4) is 78.7 Å². The molecule has 0 fully saturated rings. The van der Waals surface area contributed by atoms with E-state index in [2.05, 4.69) is 206 Å². The lowest BCUT2D eigenvalue weighted by molar-refractivity contribution is 0.660. The van der Waals surface area contributed by atoms with Crippen molar-refractivity contribution in [2.75, 3.05) is 0 Å². The maximum atomic E-state index is 5.40. The predicted molar refractivity (Wildman–Crippen MR) is 238 cm³/mol. The molecule has 58 heavy (non-hydrogen) atoms. The molecule has 4 heteroatoms. The number of hydrogen-bond donors (Lipinski definition) is 0. The van der Waals surface area contributed by atoms with E-state index in [1.807, 2.05) is 6.07 Å². The first-order valence-corrected chi connectivity index (χ1v) is 19.9. The Balaban J connectivity index is 1.08. The summed E-state index contributed by atoms with van der Waals surface area (Å²) in [4.78, 5) is 10.5. The molecule has 0 radical (unpaired) electrons. The summed E-state index contributed by atoms with van der Waals surface area (Å²) in [6, 6.07) is 68.8. The van der Waals surface area contributed by atoms with Gasteiger partial charge in [0.25, 0.3) is 0 Å². The van der Waals surface area contributed by atoms with E-state index in [0.717, 1.165) is 72.6 Å². The Morgan fingerprint density at radius 1 is 0.431 bits per heavy atom. The highest BCUT2D eigenvalue weighted by molar-refractivity contribution is 6.08. The van der Waals surface area contributed by atoms with E-state index >= 15 is 0 Å². The van der Waals surface area contributed by atoms with Crippen LogP contribution in [0.5, 0.6) is 0 Å². The molecule has 0 spiro atoms. The molecule has 0 N–H and O–H groups in total. The molecule has 1 aliphatic carbocycles. The molecule has 0 saturated carbocycles. The van der Waals surface area contributed by atoms with Crippen LogP contribution in [0.4, 0.5) is 0 Å². The van der Waals surface area contributed by atoms with E-state index in [1.165, 1.54) is 27.6 Å². The van der Waals surface area contributed by atoms with Crippen molar-refractivity contribution in [2.24, 2.45) is 0 Å². The Hall–Kier alpha value is -7.43. The van der Waals surface area contributed by atoms with Crippen LogP contribution >= 0.6 is 0 Å². The Morgan fingerprint density at radius 3 is 1.74 bits per heavy atom. The first-order valence-electron chi connectivity index (χ1n) is 19.9. The van der Waals surface area contributed by atoms with Gasteiger partial charge in [0, 0.05) is 44.2 Å². The van der Waals surface area contributed by atoms with Gasteiger partial charge < -0.3 is 0 Å². The van der Waals surface area contributed by atoms with Crippen LogP contribution in [0.15, 0.2) is 194 Å². The fourth-order valence-corrected chi connectivity index (χ4v) is 8.90. The smallest absolute Gasteiger partial charge is 0.160 e. The van der Waals surface area contributed by atoms with Crippen LogP contribution in [0.1, 0.15) is 25.0 Å². The highest BCUT2D eigenvalue weighted by Gasteiger charge is 2.35. The highest BCUT2D eigenvalue weighted by Crippen LogP contribution is 2.49. The lowest BCUT2D eigenvalue weighted by Crippen LogP contribution is -2.14. The molecule has 0 amide bonds. The molecular weight excluding hydrogens is 705 g/mol. The van der Waals surface area contributed by atoms with E-state index in [9.17, 15) is 0 Å². The predicted octanol–water partition coefficient (Wildman–Crippen LogP) is 13.6. The molecule has 0 atom stereocenters. The fraction of sp³-hybridized carbons (Fsp3) is 0.0556. The summed E-state index contributed by atoms with van der Waals surface area (Å²) < 4.78 is 2.14. The quantitative estimate of drug-likeness (QED) is 0.170. The van der Waals surface area contributed by atoms with Gasteiger partial charge in [0.15, 0.2) is 5.82 Å². The van der Waals surface area contributed by atoms with Gasteiger partial charge in [-0.2, -0.15) is 5.10 Å². The molecule has 0 saturated heterocycles. The van der Waals surface area contributed by atoms with Crippen molar-refractivity contribution in [3.05, 3.63) is 205 Å². The SMILES string of the molecule is CC1(C)c2ccccc2-c2ccc(-c3cc(-c4ccccc4)nc(-c4ccc(-c5c(-c6ccccc6)nn6c(-c7ccccc7)cc7ccccc7c56)cc4)n3)cc21. The van der Waals surface area contributed by atoms with Gasteiger partial charge in [-0.05, 0) is 51.4 Å². The second-order valence-corrected chi connectivity index (χ2v) is 15.7. The second-order valence-electron chi connectivity index (χ2n) is 15.7. The van der Waals surface area contributed by atoms with Crippen molar-refractivity contribution in [2.45, 2.75) is 19.3 Å². The number of fused-ring (bicyclic) bond motifs is 6. The standard InChI is InChI=1S/C54H38N4/c1-54(2)45-25-15-14-24-43(45)44-31-30-41(32-46(44)54)48-34-47(35-16-6-3-7-17-35)55-53(56-48)39-28-26-37(27-29-39)50-51(38-20-10-5-11-21-38)57-58-49(36-18-8-4-9-19-36)33-40-22-12-13-23-42(40)52(50)58/h3-34H,1-2H3. The van der Waals surface area contributed by atoms with Crippen molar-refractivity contribution < 1.29 is 0 Å². The van der Waals surface area contributed by atoms with Crippen LogP contribution in [0, 0.1) is 0 Å². The maximum Gasteiger partial charge on any atom is 0.160 e. The summed E-state index contributed by atoms with van der Waals surface area (Å²) in [5.41, 5.74) is 17.5. The number of hydrogen-bond acceptors (Lipinski definition) is 3. The lowest BCUT2D eigenvalue weighted by atomic mass is 9.82. The number of pyridine rings is 1. The minimum atomic E-state index is -0.111. The van der Waals surface area contributed by atoms with Gasteiger partial charge in [0.05, 0.1) is 22.6 Å². The van der Waals surface area contributed by atoms with Crippen LogP contribution in [0.25, 0.3) is 95.0 Å². The molecule has 0 aliphatic heterocycles. The van der Waals surface area contributed by atoms with Crippen molar-refractivity contribution in [1.29, 1.82) is 0 Å². The molecule has 3 aromatic heterocycles. The topological polar surface area (TPSA) is 43.1 Å². The molecular formula is C54H38N4. The molecule has 3 heterocycles. The molecule has 10 aromatic rings. The summed E-state index contributed by atoms with van der Waals surface area (Å²) in [5, 5.41) is 7.72. The van der Waals surface area contributed by atoms with Crippen molar-refractivity contribution >= 4 is 16.3 Å². The van der Waals surface area contributed by atoms with Gasteiger partial charge in [-0.15, -0.1) is 0 Å². The zero-order chi connectivity index (χ0) is 38.8. The summed E-state index contributed by atoms with van der Waals surface area (Å²) in [6.07, 6.45) is 0. The summed E-state index contributed by atoms with van der Waals surface area (Å²) >= 11 is 0. The number of rotatable bonds is 6. The number of nitrogens with zero attached hydrogens (tertiary/aromatic N) is 4. The molecule has 1 aliphatic rings. The van der Waals surface area contributed by atoms with Gasteiger partial charge in [-0.25, -0.2) is 14.5 Å². The first-order chi connectivity index (χ1) is 28.5. The second kappa shape index (κ2) is 13.4. The van der Waals surface area contributed by atoms with Gasteiger partial charge in [-0.1, -0.05) is 190 Å². The van der Waals surface area contributed by atoms with E-state index in [0.29, 0.717) is 5.82 Å². The largest absolute Gasteiger partial charge is 0.231 e. The van der Waals surface area contributed by atoms with Crippen molar-refractivity contribution in [1.82, 2.24) is 19.6 Å². The average Bonchev–Trinajstić information content (AvgIpc) is 3.80. The zero-order valence-corrected chi connectivity index (χ0v) is 32.3. The van der Waals surface area contributed by atoms with Crippen LogP contribution in [0.2, 0.25) is 0 Å². The average molecular weight is 743 g/mol. The molecule has 0 bridgehead atoms. The van der Waals surface area contributed by atoms with Crippen LogP contribution in [-0.2, 0) is 5.41 Å². The van der Waals surface area contributed by atoms with Gasteiger partial charge >= 0.3 is 0 Å². The van der Waals surface area contributed by atoms with Crippen molar-refractivity contribution in [3.63, 3.8) is 0 Å². The van der Waals surface area contributed by atoms with Gasteiger partial charge in [0.2, 0.25) is 0 Å². The Labute approximate surface area is 337 Å². The third kappa shape index (κ3) is 5.48. The fourth-order valence-electron chi connectivity index (χ4n) is 8.90. The Bertz CT molecular complexity index is 3160. The number of aromatic nitrogens is 4. The summed E-state index contributed by atoms with van der Waals surface area (Å²) in [7, 11) is 0. The molecule has 7 aromatic carbocycles. The van der Waals surface area contributed by atoms with E-state index in [-0.39, 0.29) is 5.41 Å². The highest BCUT2D eigenvalue weighted by atomic mass is 15.2. The van der Waals surface area contributed by atoms with Gasteiger partial charge in [-0.3, -0.25) is 0 Å². The summed E-state index contributed by atoms with van der Waals surface area (Å²) in [5.74, 6) is 0.686. The van der Waals surface area contributed by atoms with E-state index < -0.39 is 0 Å². The third-order valence-corrected chi connectivity index (χ3v) is 11.8. The number of benzene rings is 7. The summed E-state index contributed by atoms with van der Waals surface area (Å²) in [6.45, 7) is 4.64. The van der Waals surface area contributed by atoms with E-state index in [4.69, 9.17) is 15.1 Å². The lowest BCUT2D eigenvalue weighted by Gasteiger charge is -2.22. The van der Waals surface area contributed by atoms with E-state index in [1.54, 1.807) is 0 Å². The van der Waals surface area contributed by atoms with Crippen LogP contribution in [-0.4, -0.2) is 19.6 Å². The van der Waals surface area contributed by atoms with Crippen LogP contribution < -0.4 is 0 Å². The normalized spacial score (nSPS) is 12.8. The third-order valence-electron chi connectivity index (χ3n) is 11.8.